The molecule has 6 rings (SSSR count). The lowest BCUT2D eigenvalue weighted by Crippen LogP contribution is -2.41. The van der Waals surface area contributed by atoms with Gasteiger partial charge in [0.15, 0.2) is 5.82 Å². The molecule has 2 aromatic heterocycles. The van der Waals surface area contributed by atoms with Crippen molar-refractivity contribution >= 4 is 10.9 Å². The van der Waals surface area contributed by atoms with Crippen molar-refractivity contribution in [3.05, 3.63) is 117 Å². The molecule has 1 atom stereocenters. The fourth-order valence-corrected chi connectivity index (χ4v) is 5.83. The van der Waals surface area contributed by atoms with Crippen molar-refractivity contribution in [1.29, 1.82) is 0 Å². The average molecular weight is 535 g/mol. The lowest BCUT2D eigenvalue weighted by molar-refractivity contribution is 0.143. The van der Waals surface area contributed by atoms with Gasteiger partial charge in [-0.05, 0) is 102 Å². The summed E-state index contributed by atoms with van der Waals surface area (Å²) in [5.74, 6) is 2.08. The molecule has 0 radical (unpaired) electrons. The van der Waals surface area contributed by atoms with Crippen LogP contribution in [0.5, 0.6) is 5.75 Å². The van der Waals surface area contributed by atoms with E-state index in [2.05, 4.69) is 68.7 Å². The van der Waals surface area contributed by atoms with Crippen LogP contribution in [0.1, 0.15) is 47.0 Å². The predicted octanol–water partition coefficient (Wildman–Crippen LogP) is 4.92. The molecule has 1 N–H and O–H groups in total. The monoisotopic (exact) mass is 534 g/mol. The average Bonchev–Trinajstić information content (AvgIpc) is 3.43. The van der Waals surface area contributed by atoms with Crippen molar-refractivity contribution in [2.45, 2.75) is 38.8 Å². The molecule has 0 spiro atoms. The number of piperidine rings is 1. The number of rotatable bonds is 8. The number of tetrazole rings is 1. The molecule has 0 aliphatic carbocycles. The van der Waals surface area contributed by atoms with Crippen LogP contribution in [0.25, 0.3) is 10.9 Å². The highest BCUT2D eigenvalue weighted by molar-refractivity contribution is 5.79. The molecule has 3 aromatic carbocycles. The van der Waals surface area contributed by atoms with E-state index >= 15 is 0 Å². The molecule has 1 aliphatic rings. The maximum Gasteiger partial charge on any atom is 0.253 e. The van der Waals surface area contributed by atoms with Gasteiger partial charge >= 0.3 is 0 Å². The van der Waals surface area contributed by atoms with Crippen LogP contribution in [0, 0.1) is 12.8 Å². The van der Waals surface area contributed by atoms with E-state index in [4.69, 9.17) is 4.74 Å². The molecular weight excluding hydrogens is 500 g/mol. The van der Waals surface area contributed by atoms with Crippen LogP contribution in [0.4, 0.5) is 0 Å². The molecule has 0 saturated carbocycles. The number of likely N-dealkylation sites (tertiary alicyclic amines) is 1. The van der Waals surface area contributed by atoms with E-state index in [1.54, 1.807) is 7.11 Å². The highest BCUT2D eigenvalue weighted by Crippen LogP contribution is 2.32. The van der Waals surface area contributed by atoms with E-state index in [0.717, 1.165) is 60.1 Å². The van der Waals surface area contributed by atoms with Crippen LogP contribution in [0.15, 0.2) is 83.7 Å². The molecule has 8 heteroatoms. The zero-order valence-corrected chi connectivity index (χ0v) is 23.0. The largest absolute Gasteiger partial charge is 0.497 e. The van der Waals surface area contributed by atoms with Crippen LogP contribution in [0.2, 0.25) is 0 Å². The Morgan fingerprint density at radius 1 is 0.975 bits per heavy atom. The number of pyridine rings is 1. The van der Waals surface area contributed by atoms with Crippen molar-refractivity contribution < 1.29 is 4.74 Å². The SMILES string of the molecule is COc1ccc(Cn2nnnc2[C@@H](c2cc3cc(C)ccc3[nH]c2=O)N2CCC(Cc3ccccc3)CC2)cc1. The van der Waals surface area contributed by atoms with Gasteiger partial charge in [0.25, 0.3) is 5.56 Å². The van der Waals surface area contributed by atoms with E-state index < -0.39 is 0 Å². The summed E-state index contributed by atoms with van der Waals surface area (Å²) < 4.78 is 7.14. The third kappa shape index (κ3) is 5.53. The number of ether oxygens (including phenoxy) is 1. The topological polar surface area (TPSA) is 88.9 Å². The molecule has 0 bridgehead atoms. The smallest absolute Gasteiger partial charge is 0.253 e. The highest BCUT2D eigenvalue weighted by atomic mass is 16.5. The van der Waals surface area contributed by atoms with E-state index in [1.807, 2.05) is 47.1 Å². The van der Waals surface area contributed by atoms with Gasteiger partial charge in [-0.3, -0.25) is 9.69 Å². The summed E-state index contributed by atoms with van der Waals surface area (Å²) >= 11 is 0. The minimum absolute atomic E-state index is 0.105. The minimum atomic E-state index is -0.361. The number of nitrogens with zero attached hydrogens (tertiary/aromatic N) is 5. The Morgan fingerprint density at radius 2 is 1.75 bits per heavy atom. The molecule has 3 heterocycles. The van der Waals surface area contributed by atoms with Crippen LogP contribution in [-0.2, 0) is 13.0 Å². The molecule has 5 aromatic rings. The molecule has 204 valence electrons. The molecule has 40 heavy (non-hydrogen) atoms. The summed E-state index contributed by atoms with van der Waals surface area (Å²) in [5, 5.41) is 13.9. The summed E-state index contributed by atoms with van der Waals surface area (Å²) in [6.07, 6.45) is 3.18. The first-order valence-corrected chi connectivity index (χ1v) is 13.9. The lowest BCUT2D eigenvalue weighted by Gasteiger charge is -2.37. The van der Waals surface area contributed by atoms with Crippen LogP contribution in [0.3, 0.4) is 0 Å². The Kier molecular flexibility index (Phi) is 7.42. The molecule has 8 nitrogen and oxygen atoms in total. The van der Waals surface area contributed by atoms with Gasteiger partial charge in [-0.2, -0.15) is 0 Å². The quantitative estimate of drug-likeness (QED) is 0.304. The van der Waals surface area contributed by atoms with Crippen molar-refractivity contribution in [3.63, 3.8) is 0 Å². The minimum Gasteiger partial charge on any atom is -0.497 e. The van der Waals surface area contributed by atoms with Crippen LogP contribution >= 0.6 is 0 Å². The number of aromatic nitrogens is 5. The van der Waals surface area contributed by atoms with Crippen LogP contribution < -0.4 is 10.3 Å². The fraction of sp³-hybridized carbons (Fsp3) is 0.312. The van der Waals surface area contributed by atoms with Crippen molar-refractivity contribution in [1.82, 2.24) is 30.1 Å². The second-order valence-corrected chi connectivity index (χ2v) is 10.8. The number of nitrogens with one attached hydrogen (secondary N) is 1. The molecule has 1 saturated heterocycles. The van der Waals surface area contributed by atoms with Gasteiger partial charge in [0.2, 0.25) is 0 Å². The number of benzene rings is 3. The van der Waals surface area contributed by atoms with Gasteiger partial charge in [-0.1, -0.05) is 54.1 Å². The summed E-state index contributed by atoms with van der Waals surface area (Å²) in [6, 6.07) is 26.3. The van der Waals surface area contributed by atoms with Gasteiger partial charge in [-0.15, -0.1) is 5.10 Å². The number of fused-ring (bicyclic) bond motifs is 1. The van der Waals surface area contributed by atoms with Gasteiger partial charge in [0, 0.05) is 11.1 Å². The number of aromatic amines is 1. The lowest BCUT2D eigenvalue weighted by atomic mass is 9.89. The summed E-state index contributed by atoms with van der Waals surface area (Å²) in [7, 11) is 1.66. The Labute approximate surface area is 233 Å². The third-order valence-corrected chi connectivity index (χ3v) is 8.00. The summed E-state index contributed by atoms with van der Waals surface area (Å²) in [5.41, 5.74) is 4.97. The number of hydrogen-bond acceptors (Lipinski definition) is 6. The zero-order chi connectivity index (χ0) is 27.5. The van der Waals surface area contributed by atoms with Gasteiger partial charge in [-0.25, -0.2) is 4.68 Å². The Morgan fingerprint density at radius 3 is 2.50 bits per heavy atom. The van der Waals surface area contributed by atoms with E-state index in [-0.39, 0.29) is 11.6 Å². The Bertz CT molecular complexity index is 1640. The second-order valence-electron chi connectivity index (χ2n) is 10.8. The third-order valence-electron chi connectivity index (χ3n) is 8.00. The van der Waals surface area contributed by atoms with Crippen LogP contribution in [-0.4, -0.2) is 50.3 Å². The summed E-state index contributed by atoms with van der Waals surface area (Å²) in [6.45, 7) is 4.29. The maximum atomic E-state index is 13.6. The molecule has 0 amide bonds. The second kappa shape index (κ2) is 11.4. The first-order valence-electron chi connectivity index (χ1n) is 13.9. The number of methoxy groups -OCH3 is 1. The first kappa shape index (κ1) is 26.0. The number of hydrogen-bond donors (Lipinski definition) is 1. The van der Waals surface area contributed by atoms with Crippen molar-refractivity contribution in [2.24, 2.45) is 5.92 Å². The number of aryl methyl sites for hydroxylation is 1. The highest BCUT2D eigenvalue weighted by Gasteiger charge is 2.33. The Balaban J connectivity index is 1.34. The van der Waals surface area contributed by atoms with Crippen molar-refractivity contribution in [2.75, 3.05) is 20.2 Å². The first-order chi connectivity index (χ1) is 19.6. The molecule has 1 fully saturated rings. The van der Waals surface area contributed by atoms with Crippen molar-refractivity contribution in [3.8, 4) is 5.75 Å². The maximum absolute atomic E-state index is 13.6. The number of H-pyrrole nitrogens is 1. The molecular formula is C32H34N6O2. The Hall–Kier alpha value is -4.30. The normalized spacial score (nSPS) is 15.3. The molecule has 0 unspecified atom stereocenters. The van der Waals surface area contributed by atoms with E-state index in [0.29, 0.717) is 23.9 Å². The zero-order valence-electron chi connectivity index (χ0n) is 23.0. The fourth-order valence-electron chi connectivity index (χ4n) is 5.83. The van der Waals surface area contributed by atoms with Gasteiger partial charge in [0.05, 0.1) is 13.7 Å². The van der Waals surface area contributed by atoms with Gasteiger partial charge in [0.1, 0.15) is 11.8 Å². The summed E-state index contributed by atoms with van der Waals surface area (Å²) in [4.78, 5) is 19.1. The van der Waals surface area contributed by atoms with E-state index in [9.17, 15) is 4.79 Å². The van der Waals surface area contributed by atoms with Gasteiger partial charge < -0.3 is 9.72 Å². The molecule has 1 aliphatic heterocycles. The predicted molar refractivity (Wildman–Crippen MR) is 156 cm³/mol. The van der Waals surface area contributed by atoms with E-state index in [1.165, 1.54) is 5.56 Å². The standard InChI is InChI=1S/C32H34N6O2/c1-22-8-13-29-26(18-22)20-28(32(39)33-29)30(37-16-14-24(15-17-37)19-23-6-4-3-5-7-23)31-34-35-36-38(31)21-25-9-11-27(40-2)12-10-25/h3-13,18,20,24,30H,14-17,19,21H2,1-2H3,(H,33,39)/t30-/m1/s1.